The van der Waals surface area contributed by atoms with E-state index in [0.717, 1.165) is 17.5 Å². The van der Waals surface area contributed by atoms with E-state index in [2.05, 4.69) is 0 Å². The lowest BCUT2D eigenvalue weighted by Gasteiger charge is -2.29. The molecular weight excluding hydrogens is 227 g/mol. The molecule has 0 saturated carbocycles. The third kappa shape index (κ3) is 1.65. The van der Waals surface area contributed by atoms with E-state index >= 15 is 0 Å². The van der Waals surface area contributed by atoms with Gasteiger partial charge < -0.3 is 0 Å². The van der Waals surface area contributed by atoms with Gasteiger partial charge in [0.1, 0.15) is 5.82 Å². The number of hydrogen-bond acceptors (Lipinski definition) is 1. The first kappa shape index (κ1) is 11.1. The van der Waals surface area contributed by atoms with Gasteiger partial charge in [0.25, 0.3) is 0 Å². The molecule has 2 heteroatoms. The van der Waals surface area contributed by atoms with Gasteiger partial charge in [-0.2, -0.15) is 0 Å². The highest BCUT2D eigenvalue weighted by Gasteiger charge is 2.33. The summed E-state index contributed by atoms with van der Waals surface area (Å²) >= 11 is 0. The van der Waals surface area contributed by atoms with Gasteiger partial charge >= 0.3 is 0 Å². The maximum absolute atomic E-state index is 13.7. The normalized spacial score (nSPS) is 16.9. The average molecular weight is 240 g/mol. The van der Waals surface area contributed by atoms with Gasteiger partial charge in [0.15, 0.2) is 5.78 Å². The van der Waals surface area contributed by atoms with Crippen LogP contribution in [0.1, 0.15) is 33.0 Å². The fourth-order valence-corrected chi connectivity index (χ4v) is 2.51. The Bertz CT molecular complexity index is 631. The maximum Gasteiger partial charge on any atom is 0.173 e. The molecule has 2 aromatic carbocycles. The van der Waals surface area contributed by atoms with Crippen molar-refractivity contribution in [2.45, 2.75) is 19.3 Å². The van der Waals surface area contributed by atoms with Crippen LogP contribution in [0.15, 0.2) is 42.5 Å². The zero-order valence-corrected chi connectivity index (χ0v) is 10.1. The Kier molecular flexibility index (Phi) is 2.51. The molecule has 2 aromatic rings. The molecule has 0 aliphatic heterocycles. The van der Waals surface area contributed by atoms with Crippen LogP contribution in [0.5, 0.6) is 0 Å². The second kappa shape index (κ2) is 4.05. The van der Waals surface area contributed by atoms with Crippen LogP contribution in [0.3, 0.4) is 0 Å². The Morgan fingerprint density at radius 2 is 2.00 bits per heavy atom. The number of halogens is 1. The molecule has 0 amide bonds. The minimum absolute atomic E-state index is 0.102. The van der Waals surface area contributed by atoms with E-state index in [0.29, 0.717) is 0 Å². The smallest absolute Gasteiger partial charge is 0.173 e. The van der Waals surface area contributed by atoms with Gasteiger partial charge in [-0.15, -0.1) is 0 Å². The minimum Gasteiger partial charge on any atom is -0.293 e. The molecule has 90 valence electrons. The van der Waals surface area contributed by atoms with Gasteiger partial charge in [-0.3, -0.25) is 4.79 Å². The van der Waals surface area contributed by atoms with E-state index in [-0.39, 0.29) is 17.3 Å². The number of fused-ring (bicyclic) bond motifs is 1. The lowest BCUT2D eigenvalue weighted by Crippen LogP contribution is -2.25. The van der Waals surface area contributed by atoms with Gasteiger partial charge in [-0.25, -0.2) is 4.39 Å². The number of rotatable bonds is 2. The van der Waals surface area contributed by atoms with Gasteiger partial charge in [-0.05, 0) is 36.6 Å². The largest absolute Gasteiger partial charge is 0.293 e. The molecule has 0 heterocycles. The maximum atomic E-state index is 13.7. The molecule has 0 saturated heterocycles. The van der Waals surface area contributed by atoms with Crippen molar-refractivity contribution < 1.29 is 9.18 Å². The molecule has 18 heavy (non-hydrogen) atoms. The summed E-state index contributed by atoms with van der Waals surface area (Å²) in [6.45, 7) is 1.87. The highest BCUT2D eigenvalue weighted by atomic mass is 19.1. The third-order valence-corrected chi connectivity index (χ3v) is 3.56. The number of hydrogen-bond donors (Lipinski definition) is 0. The first-order chi connectivity index (χ1) is 8.66. The summed E-state index contributed by atoms with van der Waals surface area (Å²) in [6, 6.07) is 12.5. The van der Waals surface area contributed by atoms with Crippen LogP contribution in [0.4, 0.5) is 4.39 Å². The summed E-state index contributed by atoms with van der Waals surface area (Å²) in [5, 5.41) is 0. The Morgan fingerprint density at radius 3 is 2.78 bits per heavy atom. The number of aryl methyl sites for hydroxylation is 1. The number of Topliss-reactive ketones (excluding diaryl/α,β-unsaturated/α-hetero) is 1. The van der Waals surface area contributed by atoms with Crippen LogP contribution in [-0.4, -0.2) is 5.78 Å². The number of benzene rings is 2. The molecule has 1 unspecified atom stereocenters. The Hall–Kier alpha value is -1.96. The highest BCUT2D eigenvalue weighted by Crippen LogP contribution is 2.37. The predicted octanol–water partition coefficient (Wildman–Crippen LogP) is 3.66. The van der Waals surface area contributed by atoms with Crippen LogP contribution in [-0.2, 0) is 6.42 Å². The van der Waals surface area contributed by atoms with E-state index < -0.39 is 5.82 Å². The molecule has 3 rings (SSSR count). The molecule has 0 radical (unpaired) electrons. The van der Waals surface area contributed by atoms with Gasteiger partial charge in [0.05, 0.1) is 11.5 Å². The van der Waals surface area contributed by atoms with Crippen molar-refractivity contribution in [1.82, 2.24) is 0 Å². The zero-order valence-electron chi connectivity index (χ0n) is 10.1. The van der Waals surface area contributed by atoms with E-state index in [9.17, 15) is 9.18 Å². The molecule has 0 aromatic heterocycles. The van der Waals surface area contributed by atoms with Crippen LogP contribution in [0.25, 0.3) is 0 Å². The summed E-state index contributed by atoms with van der Waals surface area (Å²) in [7, 11) is 0. The van der Waals surface area contributed by atoms with Crippen molar-refractivity contribution in [2.24, 2.45) is 0 Å². The Balaban J connectivity index is 1.96. The first-order valence-corrected chi connectivity index (χ1v) is 6.05. The third-order valence-electron chi connectivity index (χ3n) is 3.56. The zero-order chi connectivity index (χ0) is 12.7. The SMILES string of the molecule is Cc1ccc(F)c(C(=O)C2Cc3ccccc32)c1. The molecule has 1 aliphatic carbocycles. The average Bonchev–Trinajstić information content (AvgIpc) is 2.33. The van der Waals surface area contributed by atoms with Gasteiger partial charge in [0.2, 0.25) is 0 Å². The second-order valence-corrected chi connectivity index (χ2v) is 4.80. The monoisotopic (exact) mass is 240 g/mol. The van der Waals surface area contributed by atoms with Crippen LogP contribution >= 0.6 is 0 Å². The second-order valence-electron chi connectivity index (χ2n) is 4.80. The number of carbonyl (C=O) groups is 1. The fourth-order valence-electron chi connectivity index (χ4n) is 2.51. The Labute approximate surface area is 105 Å². The van der Waals surface area contributed by atoms with Crippen molar-refractivity contribution in [3.8, 4) is 0 Å². The lowest BCUT2D eigenvalue weighted by atomic mass is 9.73. The van der Waals surface area contributed by atoms with E-state index in [1.54, 1.807) is 12.1 Å². The molecule has 0 bridgehead atoms. The number of ketones is 1. The molecule has 1 atom stereocenters. The van der Waals surface area contributed by atoms with Crippen LogP contribution in [0, 0.1) is 12.7 Å². The topological polar surface area (TPSA) is 17.1 Å². The molecule has 0 fully saturated rings. The van der Waals surface area contributed by atoms with Gasteiger partial charge in [-0.1, -0.05) is 35.9 Å². The first-order valence-electron chi connectivity index (χ1n) is 6.05. The quantitative estimate of drug-likeness (QED) is 0.732. The molecular formula is C16H13FO. The number of carbonyl (C=O) groups excluding carboxylic acids is 1. The predicted molar refractivity (Wildman–Crippen MR) is 68.4 cm³/mol. The van der Waals surface area contributed by atoms with E-state index in [4.69, 9.17) is 0 Å². The van der Waals surface area contributed by atoms with Crippen molar-refractivity contribution >= 4 is 5.78 Å². The van der Waals surface area contributed by atoms with Gasteiger partial charge in [0, 0.05) is 0 Å². The van der Waals surface area contributed by atoms with E-state index in [1.165, 1.54) is 11.6 Å². The minimum atomic E-state index is -0.421. The summed E-state index contributed by atoms with van der Waals surface area (Å²) in [4.78, 5) is 12.3. The molecule has 0 N–H and O–H groups in total. The Morgan fingerprint density at radius 1 is 1.22 bits per heavy atom. The van der Waals surface area contributed by atoms with E-state index in [1.807, 2.05) is 31.2 Å². The summed E-state index contributed by atoms with van der Waals surface area (Å²) in [6.07, 6.45) is 0.725. The molecule has 1 nitrogen and oxygen atoms in total. The van der Waals surface area contributed by atoms with Crippen molar-refractivity contribution in [2.75, 3.05) is 0 Å². The lowest BCUT2D eigenvalue weighted by molar-refractivity contribution is 0.0945. The highest BCUT2D eigenvalue weighted by molar-refractivity contribution is 6.03. The summed E-state index contributed by atoms with van der Waals surface area (Å²) < 4.78 is 13.7. The van der Waals surface area contributed by atoms with Crippen molar-refractivity contribution in [1.29, 1.82) is 0 Å². The standard InChI is InChI=1S/C16H13FO/c1-10-6-7-15(17)14(8-10)16(18)13-9-11-4-2-3-5-12(11)13/h2-8,13H,9H2,1H3. The van der Waals surface area contributed by atoms with Crippen molar-refractivity contribution in [3.05, 3.63) is 70.5 Å². The molecule has 0 spiro atoms. The van der Waals surface area contributed by atoms with Crippen LogP contribution < -0.4 is 0 Å². The summed E-state index contributed by atoms with van der Waals surface area (Å²) in [5.41, 5.74) is 3.37. The summed E-state index contributed by atoms with van der Waals surface area (Å²) in [5.74, 6) is -0.692. The van der Waals surface area contributed by atoms with Crippen LogP contribution in [0.2, 0.25) is 0 Å². The molecule has 1 aliphatic rings. The fraction of sp³-hybridized carbons (Fsp3) is 0.188. The van der Waals surface area contributed by atoms with Crippen molar-refractivity contribution in [3.63, 3.8) is 0 Å².